The summed E-state index contributed by atoms with van der Waals surface area (Å²) in [6, 6.07) is 0. The first-order valence-corrected chi connectivity index (χ1v) is 4.49. The molecule has 4 heteroatoms. The number of aliphatic hydroxyl groups is 1. The van der Waals surface area contributed by atoms with Crippen molar-refractivity contribution in [3.8, 4) is 0 Å². The van der Waals surface area contributed by atoms with E-state index in [9.17, 15) is 5.11 Å². The molecule has 0 saturated carbocycles. The third kappa shape index (κ3) is 2.73. The minimum atomic E-state index is -0.661. The number of hydrogen-bond acceptors (Lipinski definition) is 3. The second-order valence-electron chi connectivity index (χ2n) is 3.57. The average molecular weight is 183 g/mol. The zero-order valence-corrected chi connectivity index (χ0v) is 8.41. The van der Waals surface area contributed by atoms with E-state index >= 15 is 0 Å². The van der Waals surface area contributed by atoms with Gasteiger partial charge in [-0.1, -0.05) is 6.92 Å². The Labute approximate surface area is 78.6 Å². The Morgan fingerprint density at radius 3 is 2.85 bits per heavy atom. The molecular weight excluding hydrogens is 166 g/mol. The molecule has 0 fully saturated rings. The minimum absolute atomic E-state index is 0.522. The summed E-state index contributed by atoms with van der Waals surface area (Å²) in [5.74, 6) is 0.786. The molecule has 1 rings (SSSR count). The quantitative estimate of drug-likeness (QED) is 0.732. The molecule has 0 saturated heterocycles. The van der Waals surface area contributed by atoms with Crippen molar-refractivity contribution >= 4 is 5.95 Å². The number of rotatable bonds is 4. The first kappa shape index (κ1) is 10.1. The van der Waals surface area contributed by atoms with Gasteiger partial charge in [-0.05, 0) is 13.3 Å². The lowest BCUT2D eigenvalue weighted by Gasteiger charge is -2.21. The van der Waals surface area contributed by atoms with Crippen molar-refractivity contribution < 1.29 is 5.11 Å². The second-order valence-corrected chi connectivity index (χ2v) is 3.57. The van der Waals surface area contributed by atoms with E-state index in [-0.39, 0.29) is 0 Å². The lowest BCUT2D eigenvalue weighted by molar-refractivity contribution is 0.0695. The molecule has 1 atom stereocenters. The van der Waals surface area contributed by atoms with E-state index in [0.717, 1.165) is 12.4 Å². The van der Waals surface area contributed by atoms with Crippen LogP contribution in [-0.4, -0.2) is 26.8 Å². The molecule has 0 aliphatic heterocycles. The number of hydrogen-bond donors (Lipinski definition) is 2. The fraction of sp³-hybridized carbons (Fsp3) is 0.667. The van der Waals surface area contributed by atoms with Gasteiger partial charge in [0.25, 0.3) is 0 Å². The molecule has 1 aromatic heterocycles. The summed E-state index contributed by atoms with van der Waals surface area (Å²) in [6.07, 6.45) is 4.32. The molecular formula is C9H17N3O. The number of aromatic nitrogens is 2. The number of anilines is 1. The molecule has 74 valence electrons. The molecule has 13 heavy (non-hydrogen) atoms. The van der Waals surface area contributed by atoms with E-state index < -0.39 is 5.60 Å². The van der Waals surface area contributed by atoms with Gasteiger partial charge < -0.3 is 15.0 Å². The van der Waals surface area contributed by atoms with E-state index in [1.807, 2.05) is 31.7 Å². The number of nitrogens with zero attached hydrogens (tertiary/aromatic N) is 2. The molecule has 0 amide bonds. The van der Waals surface area contributed by atoms with Crippen molar-refractivity contribution in [2.75, 3.05) is 11.9 Å². The average Bonchev–Trinajstić information content (AvgIpc) is 2.48. The molecule has 0 aromatic carbocycles. The van der Waals surface area contributed by atoms with Crippen molar-refractivity contribution in [1.82, 2.24) is 9.55 Å². The van der Waals surface area contributed by atoms with Gasteiger partial charge in [0.15, 0.2) is 0 Å². The highest BCUT2D eigenvalue weighted by molar-refractivity contribution is 5.25. The molecule has 0 bridgehead atoms. The van der Waals surface area contributed by atoms with Crippen LogP contribution in [0.15, 0.2) is 12.4 Å². The fourth-order valence-corrected chi connectivity index (χ4v) is 0.930. The molecule has 1 unspecified atom stereocenters. The van der Waals surface area contributed by atoms with E-state index in [1.165, 1.54) is 0 Å². The maximum absolute atomic E-state index is 9.71. The van der Waals surface area contributed by atoms with Crippen LogP contribution in [0.4, 0.5) is 5.95 Å². The van der Waals surface area contributed by atoms with Crippen LogP contribution in [-0.2, 0) is 7.05 Å². The normalized spacial score (nSPS) is 15.4. The number of aryl methyl sites for hydroxylation is 1. The fourth-order valence-electron chi connectivity index (χ4n) is 0.930. The van der Waals surface area contributed by atoms with Crippen molar-refractivity contribution in [2.24, 2.45) is 7.05 Å². The van der Waals surface area contributed by atoms with Crippen LogP contribution >= 0.6 is 0 Å². The highest BCUT2D eigenvalue weighted by Crippen LogP contribution is 2.09. The van der Waals surface area contributed by atoms with Crippen molar-refractivity contribution in [2.45, 2.75) is 25.9 Å². The summed E-state index contributed by atoms with van der Waals surface area (Å²) >= 11 is 0. The van der Waals surface area contributed by atoms with Crippen LogP contribution in [0.1, 0.15) is 20.3 Å². The van der Waals surface area contributed by atoms with Crippen LogP contribution in [0.2, 0.25) is 0 Å². The Morgan fingerprint density at radius 1 is 1.69 bits per heavy atom. The van der Waals surface area contributed by atoms with Gasteiger partial charge in [-0.15, -0.1) is 0 Å². The molecule has 1 heterocycles. The topological polar surface area (TPSA) is 50.1 Å². The van der Waals surface area contributed by atoms with Gasteiger partial charge in [0.1, 0.15) is 0 Å². The Bertz CT molecular complexity index is 268. The van der Waals surface area contributed by atoms with Gasteiger partial charge in [-0.3, -0.25) is 0 Å². The van der Waals surface area contributed by atoms with Crippen LogP contribution in [0.25, 0.3) is 0 Å². The minimum Gasteiger partial charge on any atom is -0.388 e. The van der Waals surface area contributed by atoms with E-state index in [4.69, 9.17) is 0 Å². The molecule has 2 N–H and O–H groups in total. The van der Waals surface area contributed by atoms with Gasteiger partial charge in [0.05, 0.1) is 5.60 Å². The zero-order chi connectivity index (χ0) is 9.90. The lowest BCUT2D eigenvalue weighted by Crippen LogP contribution is -2.33. The third-order valence-corrected chi connectivity index (χ3v) is 2.21. The van der Waals surface area contributed by atoms with E-state index in [2.05, 4.69) is 10.3 Å². The largest absolute Gasteiger partial charge is 0.388 e. The highest BCUT2D eigenvalue weighted by Gasteiger charge is 2.17. The molecule has 0 aliphatic carbocycles. The number of nitrogens with one attached hydrogen (secondary N) is 1. The Kier molecular flexibility index (Phi) is 2.93. The highest BCUT2D eigenvalue weighted by atomic mass is 16.3. The van der Waals surface area contributed by atoms with Crippen LogP contribution in [0.3, 0.4) is 0 Å². The van der Waals surface area contributed by atoms with Crippen LogP contribution in [0.5, 0.6) is 0 Å². The molecule has 1 aromatic rings. The third-order valence-electron chi connectivity index (χ3n) is 2.21. The summed E-state index contributed by atoms with van der Waals surface area (Å²) < 4.78 is 1.88. The first-order chi connectivity index (χ1) is 6.05. The molecule has 0 aliphatic rings. The Hall–Kier alpha value is -1.03. The monoisotopic (exact) mass is 183 g/mol. The van der Waals surface area contributed by atoms with E-state index in [0.29, 0.717) is 6.54 Å². The van der Waals surface area contributed by atoms with Crippen LogP contribution < -0.4 is 5.32 Å². The maximum atomic E-state index is 9.71. The predicted octanol–water partition coefficient (Wildman–Crippen LogP) is 0.993. The van der Waals surface area contributed by atoms with Gasteiger partial charge in [-0.2, -0.15) is 0 Å². The summed E-state index contributed by atoms with van der Waals surface area (Å²) in [5, 5.41) is 12.8. The predicted molar refractivity (Wildman–Crippen MR) is 52.6 cm³/mol. The van der Waals surface area contributed by atoms with Gasteiger partial charge in [0, 0.05) is 26.0 Å². The maximum Gasteiger partial charge on any atom is 0.202 e. The smallest absolute Gasteiger partial charge is 0.202 e. The van der Waals surface area contributed by atoms with Gasteiger partial charge in [0.2, 0.25) is 5.95 Å². The number of imidazole rings is 1. The summed E-state index contributed by atoms with van der Waals surface area (Å²) in [7, 11) is 1.91. The van der Waals surface area contributed by atoms with Gasteiger partial charge in [-0.25, -0.2) is 4.98 Å². The standard InChI is InChI=1S/C9H17N3O/c1-4-9(2,13)7-11-8-10-5-6-12(8)3/h5-6,13H,4,7H2,1-3H3,(H,10,11). The lowest BCUT2D eigenvalue weighted by atomic mass is 10.0. The van der Waals surface area contributed by atoms with Crippen LogP contribution in [0, 0.1) is 0 Å². The Morgan fingerprint density at radius 2 is 2.38 bits per heavy atom. The zero-order valence-electron chi connectivity index (χ0n) is 8.41. The van der Waals surface area contributed by atoms with Crippen molar-refractivity contribution in [3.05, 3.63) is 12.4 Å². The molecule has 4 nitrogen and oxygen atoms in total. The van der Waals surface area contributed by atoms with Gasteiger partial charge >= 0.3 is 0 Å². The van der Waals surface area contributed by atoms with Crippen molar-refractivity contribution in [1.29, 1.82) is 0 Å². The second kappa shape index (κ2) is 3.79. The molecule has 0 radical (unpaired) electrons. The summed E-state index contributed by atoms with van der Waals surface area (Å²) in [4.78, 5) is 4.09. The SMILES string of the molecule is CCC(C)(O)CNc1nccn1C. The van der Waals surface area contributed by atoms with Crippen molar-refractivity contribution in [3.63, 3.8) is 0 Å². The molecule has 0 spiro atoms. The Balaban J connectivity index is 2.48. The summed E-state index contributed by atoms with van der Waals surface area (Å²) in [6.45, 7) is 4.29. The van der Waals surface area contributed by atoms with E-state index in [1.54, 1.807) is 6.20 Å². The summed E-state index contributed by atoms with van der Waals surface area (Å²) in [5.41, 5.74) is -0.661. The first-order valence-electron chi connectivity index (χ1n) is 4.49.